The van der Waals surface area contributed by atoms with Crippen LogP contribution in [-0.2, 0) is 17.6 Å². The van der Waals surface area contributed by atoms with Crippen LogP contribution in [0.4, 0.5) is 4.79 Å². The fourth-order valence-corrected chi connectivity index (χ4v) is 5.30. The van der Waals surface area contributed by atoms with Gasteiger partial charge in [0.25, 0.3) is 0 Å². The van der Waals surface area contributed by atoms with Crippen LogP contribution in [0.15, 0.2) is 72.8 Å². The van der Waals surface area contributed by atoms with E-state index in [1.165, 1.54) is 44.4 Å². The van der Waals surface area contributed by atoms with Crippen molar-refractivity contribution in [1.29, 1.82) is 0 Å². The second kappa shape index (κ2) is 7.31. The number of rotatable bonds is 3. The molecule has 154 valence electrons. The topological polar surface area (TPSA) is 54.1 Å². The molecule has 3 aromatic carbocycles. The molecular weight excluding hydrogens is 384 g/mol. The molecule has 1 amide bonds. The van der Waals surface area contributed by atoms with E-state index < -0.39 is 0 Å². The summed E-state index contributed by atoms with van der Waals surface area (Å²) < 4.78 is 5.74. The Morgan fingerprint density at radius 3 is 2.39 bits per heavy atom. The van der Waals surface area contributed by atoms with Gasteiger partial charge in [-0.25, -0.2) is 4.79 Å². The third-order valence-corrected chi connectivity index (χ3v) is 6.76. The van der Waals surface area contributed by atoms with Gasteiger partial charge in [-0.2, -0.15) is 0 Å². The maximum atomic E-state index is 12.7. The average molecular weight is 409 g/mol. The fraction of sp³-hybridized carbons (Fsp3) is 0.222. The van der Waals surface area contributed by atoms with Crippen molar-refractivity contribution in [1.82, 2.24) is 10.3 Å². The number of amides is 1. The second-order valence-corrected chi connectivity index (χ2v) is 8.54. The molecule has 2 aliphatic rings. The maximum Gasteiger partial charge on any atom is 0.407 e. The Hall–Kier alpha value is -3.53. The van der Waals surface area contributed by atoms with Gasteiger partial charge >= 0.3 is 6.09 Å². The highest BCUT2D eigenvalue weighted by Crippen LogP contribution is 2.44. The molecule has 2 aliphatic carbocycles. The van der Waals surface area contributed by atoms with Crippen molar-refractivity contribution in [3.8, 4) is 11.1 Å². The zero-order valence-corrected chi connectivity index (χ0v) is 17.2. The number of carbonyl (C=O) groups is 1. The Labute approximate surface area is 181 Å². The quantitative estimate of drug-likeness (QED) is 0.466. The smallest absolute Gasteiger partial charge is 0.407 e. The van der Waals surface area contributed by atoms with Crippen LogP contribution in [0.1, 0.15) is 34.7 Å². The lowest BCUT2D eigenvalue weighted by atomic mass is 9.91. The first kappa shape index (κ1) is 18.3. The molecular formula is C27H24N2O2. The lowest BCUT2D eigenvalue weighted by Gasteiger charge is -2.24. The SMILES string of the molecule is O=C(N[C@@H]1CCc2[nH]c3ccccc3c2C1)OCC1c2ccccc2-c2ccccc21. The van der Waals surface area contributed by atoms with Crippen molar-refractivity contribution >= 4 is 17.0 Å². The number of aromatic amines is 1. The number of aromatic nitrogens is 1. The highest BCUT2D eigenvalue weighted by Gasteiger charge is 2.30. The van der Waals surface area contributed by atoms with E-state index in [0.717, 1.165) is 19.3 Å². The first-order valence-corrected chi connectivity index (χ1v) is 11.0. The molecule has 6 rings (SSSR count). The van der Waals surface area contributed by atoms with Crippen LogP contribution in [0, 0.1) is 0 Å². The summed E-state index contributed by atoms with van der Waals surface area (Å²) in [5.41, 5.74) is 8.75. The average Bonchev–Trinajstić information content (AvgIpc) is 3.33. The molecule has 4 heteroatoms. The van der Waals surface area contributed by atoms with E-state index in [-0.39, 0.29) is 18.1 Å². The number of para-hydroxylation sites is 1. The van der Waals surface area contributed by atoms with Gasteiger partial charge < -0.3 is 15.0 Å². The fourth-order valence-electron chi connectivity index (χ4n) is 5.30. The third-order valence-electron chi connectivity index (χ3n) is 6.76. The van der Waals surface area contributed by atoms with Crippen molar-refractivity contribution in [3.05, 3.63) is 95.2 Å². The van der Waals surface area contributed by atoms with E-state index in [9.17, 15) is 4.79 Å². The summed E-state index contributed by atoms with van der Waals surface area (Å²) in [4.78, 5) is 16.2. The zero-order chi connectivity index (χ0) is 20.8. The number of hydrogen-bond acceptors (Lipinski definition) is 2. The highest BCUT2D eigenvalue weighted by atomic mass is 16.5. The molecule has 0 saturated heterocycles. The highest BCUT2D eigenvalue weighted by molar-refractivity contribution is 5.85. The van der Waals surface area contributed by atoms with Crippen LogP contribution in [0.2, 0.25) is 0 Å². The normalized spacial score (nSPS) is 17.1. The number of aryl methyl sites for hydroxylation is 1. The Kier molecular flexibility index (Phi) is 4.30. The van der Waals surface area contributed by atoms with E-state index in [0.29, 0.717) is 6.61 Å². The molecule has 0 spiro atoms. The molecule has 0 fully saturated rings. The van der Waals surface area contributed by atoms with Crippen LogP contribution in [-0.4, -0.2) is 23.7 Å². The standard InChI is InChI=1S/C27H24N2O2/c30-27(28-17-13-14-26-23(15-17)22-11-5-6-12-25(22)29-26)31-16-24-20-9-3-1-7-18(20)19-8-2-4-10-21(19)24/h1-12,17,24,29H,13-16H2,(H,28,30)/t17-/m1/s1. The second-order valence-electron chi connectivity index (χ2n) is 8.54. The molecule has 0 bridgehead atoms. The van der Waals surface area contributed by atoms with Gasteiger partial charge in [0.05, 0.1) is 0 Å². The van der Waals surface area contributed by atoms with Crippen molar-refractivity contribution in [2.45, 2.75) is 31.2 Å². The van der Waals surface area contributed by atoms with E-state index in [1.54, 1.807) is 0 Å². The summed E-state index contributed by atoms with van der Waals surface area (Å²) in [6.45, 7) is 0.352. The Balaban J connectivity index is 1.15. The van der Waals surface area contributed by atoms with E-state index in [1.807, 2.05) is 0 Å². The number of H-pyrrole nitrogens is 1. The van der Waals surface area contributed by atoms with Gasteiger partial charge in [0.1, 0.15) is 6.61 Å². The number of ether oxygens (including phenoxy) is 1. The third kappa shape index (κ3) is 3.10. The predicted molar refractivity (Wildman–Crippen MR) is 122 cm³/mol. The van der Waals surface area contributed by atoms with E-state index >= 15 is 0 Å². The zero-order valence-electron chi connectivity index (χ0n) is 17.2. The summed E-state index contributed by atoms with van der Waals surface area (Å²) in [7, 11) is 0. The Morgan fingerprint density at radius 2 is 1.61 bits per heavy atom. The van der Waals surface area contributed by atoms with Crippen LogP contribution in [0.3, 0.4) is 0 Å². The first-order valence-electron chi connectivity index (χ1n) is 11.0. The van der Waals surface area contributed by atoms with Gasteiger partial charge in [-0.3, -0.25) is 0 Å². The van der Waals surface area contributed by atoms with Gasteiger partial charge in [0.2, 0.25) is 0 Å². The van der Waals surface area contributed by atoms with Crippen molar-refractivity contribution in [2.75, 3.05) is 6.61 Å². The van der Waals surface area contributed by atoms with Crippen LogP contribution in [0.25, 0.3) is 22.0 Å². The minimum Gasteiger partial charge on any atom is -0.449 e. The Bertz CT molecular complexity index is 1240. The molecule has 0 radical (unpaired) electrons. The van der Waals surface area contributed by atoms with Crippen LogP contribution in [0.5, 0.6) is 0 Å². The number of nitrogens with one attached hydrogen (secondary N) is 2. The summed E-state index contributed by atoms with van der Waals surface area (Å²) >= 11 is 0. The summed E-state index contributed by atoms with van der Waals surface area (Å²) in [5.74, 6) is 0.0877. The molecule has 0 unspecified atom stereocenters. The molecule has 31 heavy (non-hydrogen) atoms. The number of alkyl carbamates (subject to hydrolysis) is 1. The molecule has 4 aromatic rings. The number of fused-ring (bicyclic) bond motifs is 6. The lowest BCUT2D eigenvalue weighted by molar-refractivity contribution is 0.138. The summed E-state index contributed by atoms with van der Waals surface area (Å²) in [6, 6.07) is 25.3. The van der Waals surface area contributed by atoms with Gasteiger partial charge in [-0.1, -0.05) is 66.7 Å². The van der Waals surface area contributed by atoms with Crippen LogP contribution >= 0.6 is 0 Å². The molecule has 1 heterocycles. The van der Waals surface area contributed by atoms with Crippen molar-refractivity contribution in [3.63, 3.8) is 0 Å². The van der Waals surface area contributed by atoms with Crippen molar-refractivity contribution in [2.24, 2.45) is 0 Å². The monoisotopic (exact) mass is 408 g/mol. The summed E-state index contributed by atoms with van der Waals surface area (Å²) in [5, 5.41) is 4.37. The van der Waals surface area contributed by atoms with E-state index in [2.05, 4.69) is 83.1 Å². The van der Waals surface area contributed by atoms with E-state index in [4.69, 9.17) is 4.74 Å². The molecule has 4 nitrogen and oxygen atoms in total. The predicted octanol–water partition coefficient (Wildman–Crippen LogP) is 5.56. The summed E-state index contributed by atoms with van der Waals surface area (Å²) in [6.07, 6.45) is 2.38. The number of benzene rings is 3. The molecule has 0 aliphatic heterocycles. The molecule has 0 saturated carbocycles. The lowest BCUT2D eigenvalue weighted by Crippen LogP contribution is -2.39. The maximum absolute atomic E-state index is 12.7. The van der Waals surface area contributed by atoms with Gasteiger partial charge in [0.15, 0.2) is 0 Å². The minimum absolute atomic E-state index is 0.0877. The van der Waals surface area contributed by atoms with Gasteiger partial charge in [-0.15, -0.1) is 0 Å². The van der Waals surface area contributed by atoms with Crippen LogP contribution < -0.4 is 5.32 Å². The number of carbonyl (C=O) groups excluding carboxylic acids is 1. The van der Waals surface area contributed by atoms with Gasteiger partial charge in [-0.05, 0) is 53.1 Å². The molecule has 1 aromatic heterocycles. The number of hydrogen-bond donors (Lipinski definition) is 2. The van der Waals surface area contributed by atoms with Gasteiger partial charge in [0, 0.05) is 28.6 Å². The van der Waals surface area contributed by atoms with Crippen molar-refractivity contribution < 1.29 is 9.53 Å². The molecule has 1 atom stereocenters. The molecule has 2 N–H and O–H groups in total. The largest absolute Gasteiger partial charge is 0.449 e. The minimum atomic E-state index is -0.324. The Morgan fingerprint density at radius 1 is 0.935 bits per heavy atom. The first-order chi connectivity index (χ1) is 15.3.